The van der Waals surface area contributed by atoms with E-state index in [-0.39, 0.29) is 12.2 Å². The lowest BCUT2D eigenvalue weighted by Gasteiger charge is -2.36. The average Bonchev–Trinajstić information content (AvgIpc) is 2.91. The molecule has 6 heteroatoms. The van der Waals surface area contributed by atoms with Crippen LogP contribution in [0.2, 0.25) is 0 Å². The predicted molar refractivity (Wildman–Crippen MR) is 84.0 cm³/mol. The number of carbonyl (C=O) groups is 1. The normalized spacial score (nSPS) is 21.9. The maximum absolute atomic E-state index is 11.5. The summed E-state index contributed by atoms with van der Waals surface area (Å²) in [6.07, 6.45) is 6.42. The summed E-state index contributed by atoms with van der Waals surface area (Å²) < 4.78 is 7.65. The van der Waals surface area contributed by atoms with E-state index in [2.05, 4.69) is 14.9 Å². The Kier molecular flexibility index (Phi) is 3.94. The summed E-state index contributed by atoms with van der Waals surface area (Å²) in [6, 6.07) is 1.87. The number of rotatable bonds is 3. The van der Waals surface area contributed by atoms with E-state index in [1.807, 2.05) is 31.5 Å². The Balaban J connectivity index is 1.96. The molecule has 3 heterocycles. The number of pyridine rings is 1. The van der Waals surface area contributed by atoms with Gasteiger partial charge in [0.2, 0.25) is 0 Å². The van der Waals surface area contributed by atoms with Crippen LogP contribution in [0.3, 0.4) is 0 Å². The van der Waals surface area contributed by atoms with E-state index >= 15 is 0 Å². The van der Waals surface area contributed by atoms with Crippen LogP contribution in [0.15, 0.2) is 24.8 Å². The third-order valence-electron chi connectivity index (χ3n) is 3.85. The molecule has 2 unspecified atom stereocenters. The standard InChI is InChI=1S/C16H20N4O2/c1-11-7-20(8-12(2)22-11)16-14(9-21)4-13(5-18-16)15-6-17-10-19(15)3/h4-6,9-12H,7-8H2,1-3H3. The molecule has 1 fully saturated rings. The van der Waals surface area contributed by atoms with Gasteiger partial charge in [-0.1, -0.05) is 0 Å². The number of carbonyl (C=O) groups excluding carboxylic acids is 1. The first kappa shape index (κ1) is 14.7. The summed E-state index contributed by atoms with van der Waals surface area (Å²) in [5.41, 5.74) is 2.42. The zero-order chi connectivity index (χ0) is 15.7. The van der Waals surface area contributed by atoms with E-state index in [0.717, 1.165) is 36.5 Å². The minimum atomic E-state index is 0.127. The lowest BCUT2D eigenvalue weighted by atomic mass is 10.1. The fourth-order valence-electron chi connectivity index (χ4n) is 2.95. The molecule has 1 saturated heterocycles. The van der Waals surface area contributed by atoms with Crippen LogP contribution < -0.4 is 4.90 Å². The molecule has 2 aromatic heterocycles. The van der Waals surface area contributed by atoms with Crippen LogP contribution in [0, 0.1) is 0 Å². The van der Waals surface area contributed by atoms with Crippen molar-refractivity contribution < 1.29 is 9.53 Å². The van der Waals surface area contributed by atoms with Crippen molar-refractivity contribution in [2.75, 3.05) is 18.0 Å². The summed E-state index contributed by atoms with van der Waals surface area (Å²) in [4.78, 5) is 22.3. The molecule has 0 radical (unpaired) electrons. The minimum absolute atomic E-state index is 0.127. The fourth-order valence-corrected chi connectivity index (χ4v) is 2.95. The highest BCUT2D eigenvalue weighted by Gasteiger charge is 2.25. The third-order valence-corrected chi connectivity index (χ3v) is 3.85. The van der Waals surface area contributed by atoms with Gasteiger partial charge in [-0.25, -0.2) is 9.97 Å². The van der Waals surface area contributed by atoms with Gasteiger partial charge in [0.15, 0.2) is 6.29 Å². The molecule has 3 rings (SSSR count). The van der Waals surface area contributed by atoms with Crippen LogP contribution in [0.1, 0.15) is 24.2 Å². The van der Waals surface area contributed by atoms with Gasteiger partial charge in [-0.15, -0.1) is 0 Å². The second-order valence-corrected chi connectivity index (χ2v) is 5.81. The number of imidazole rings is 1. The van der Waals surface area contributed by atoms with Crippen molar-refractivity contribution in [2.24, 2.45) is 7.05 Å². The Morgan fingerprint density at radius 2 is 2.00 bits per heavy atom. The summed E-state index contributed by atoms with van der Waals surface area (Å²) in [5.74, 6) is 0.725. The highest BCUT2D eigenvalue weighted by atomic mass is 16.5. The van der Waals surface area contributed by atoms with E-state index in [4.69, 9.17) is 4.74 Å². The number of morpholine rings is 1. The number of hydrogen-bond acceptors (Lipinski definition) is 5. The number of ether oxygens (including phenoxy) is 1. The SMILES string of the molecule is CC1CN(c2ncc(-c3cncn3C)cc2C=O)CC(C)O1. The largest absolute Gasteiger partial charge is 0.372 e. The molecular formula is C16H20N4O2. The van der Waals surface area contributed by atoms with Crippen molar-refractivity contribution in [1.82, 2.24) is 14.5 Å². The van der Waals surface area contributed by atoms with Crippen molar-refractivity contribution in [3.63, 3.8) is 0 Å². The number of anilines is 1. The van der Waals surface area contributed by atoms with Crippen molar-refractivity contribution in [3.8, 4) is 11.3 Å². The quantitative estimate of drug-likeness (QED) is 0.810. The molecule has 0 aliphatic carbocycles. The van der Waals surface area contributed by atoms with Gasteiger partial charge in [0.1, 0.15) is 5.82 Å². The molecule has 2 aromatic rings. The molecule has 0 amide bonds. The highest BCUT2D eigenvalue weighted by molar-refractivity contribution is 5.85. The first-order valence-electron chi connectivity index (χ1n) is 7.40. The summed E-state index contributed by atoms with van der Waals surface area (Å²) >= 11 is 0. The van der Waals surface area contributed by atoms with Crippen LogP contribution in [-0.2, 0) is 11.8 Å². The maximum atomic E-state index is 11.5. The summed E-state index contributed by atoms with van der Waals surface area (Å²) in [6.45, 7) is 5.55. The molecule has 0 saturated carbocycles. The molecular weight excluding hydrogens is 280 g/mol. The van der Waals surface area contributed by atoms with Gasteiger partial charge in [-0.05, 0) is 19.9 Å². The predicted octanol–water partition coefficient (Wildman–Crippen LogP) is 1.91. The minimum Gasteiger partial charge on any atom is -0.372 e. The smallest absolute Gasteiger partial charge is 0.153 e. The van der Waals surface area contributed by atoms with E-state index in [1.54, 1.807) is 18.7 Å². The number of hydrogen-bond donors (Lipinski definition) is 0. The van der Waals surface area contributed by atoms with Gasteiger partial charge in [0.05, 0.1) is 36.0 Å². The summed E-state index contributed by atoms with van der Waals surface area (Å²) in [7, 11) is 1.92. The van der Waals surface area contributed by atoms with Gasteiger partial charge in [0, 0.05) is 31.9 Å². The lowest BCUT2D eigenvalue weighted by molar-refractivity contribution is -0.00549. The van der Waals surface area contributed by atoms with Crippen molar-refractivity contribution in [2.45, 2.75) is 26.1 Å². The Morgan fingerprint density at radius 3 is 2.59 bits per heavy atom. The van der Waals surface area contributed by atoms with Crippen molar-refractivity contribution in [3.05, 3.63) is 30.4 Å². The molecule has 6 nitrogen and oxygen atoms in total. The van der Waals surface area contributed by atoms with Crippen LogP contribution in [0.25, 0.3) is 11.3 Å². The molecule has 0 N–H and O–H groups in total. The Bertz CT molecular complexity index is 673. The number of aromatic nitrogens is 3. The Hall–Kier alpha value is -2.21. The first-order valence-corrected chi connectivity index (χ1v) is 7.40. The van der Waals surface area contributed by atoms with Gasteiger partial charge in [0.25, 0.3) is 0 Å². The molecule has 0 aromatic carbocycles. The first-order chi connectivity index (χ1) is 10.6. The number of aldehydes is 1. The number of aryl methyl sites for hydroxylation is 1. The van der Waals surface area contributed by atoms with Gasteiger partial charge in [-0.2, -0.15) is 0 Å². The topological polar surface area (TPSA) is 60.2 Å². The van der Waals surface area contributed by atoms with Crippen LogP contribution in [0.5, 0.6) is 0 Å². The van der Waals surface area contributed by atoms with Crippen LogP contribution in [-0.4, -0.2) is 46.1 Å². The molecule has 1 aliphatic heterocycles. The van der Waals surface area contributed by atoms with Gasteiger partial charge < -0.3 is 14.2 Å². The molecule has 22 heavy (non-hydrogen) atoms. The maximum Gasteiger partial charge on any atom is 0.153 e. The van der Waals surface area contributed by atoms with Gasteiger partial charge in [-0.3, -0.25) is 4.79 Å². The monoisotopic (exact) mass is 300 g/mol. The average molecular weight is 300 g/mol. The molecule has 0 spiro atoms. The van der Waals surface area contributed by atoms with E-state index in [1.165, 1.54) is 0 Å². The molecule has 0 bridgehead atoms. The molecule has 1 aliphatic rings. The van der Waals surface area contributed by atoms with E-state index < -0.39 is 0 Å². The summed E-state index contributed by atoms with van der Waals surface area (Å²) in [5, 5.41) is 0. The van der Waals surface area contributed by atoms with E-state index in [0.29, 0.717) is 5.56 Å². The molecule has 2 atom stereocenters. The zero-order valence-electron chi connectivity index (χ0n) is 13.1. The zero-order valence-corrected chi connectivity index (χ0v) is 13.1. The molecule has 116 valence electrons. The van der Waals surface area contributed by atoms with Crippen molar-refractivity contribution >= 4 is 12.1 Å². The second-order valence-electron chi connectivity index (χ2n) is 5.81. The highest BCUT2D eigenvalue weighted by Crippen LogP contribution is 2.26. The van der Waals surface area contributed by atoms with Crippen LogP contribution >= 0.6 is 0 Å². The van der Waals surface area contributed by atoms with E-state index in [9.17, 15) is 4.79 Å². The lowest BCUT2D eigenvalue weighted by Crippen LogP contribution is -2.46. The third kappa shape index (κ3) is 2.74. The van der Waals surface area contributed by atoms with Crippen molar-refractivity contribution in [1.29, 1.82) is 0 Å². The Morgan fingerprint density at radius 1 is 1.27 bits per heavy atom. The van der Waals surface area contributed by atoms with Crippen LogP contribution in [0.4, 0.5) is 5.82 Å². The Labute approximate surface area is 129 Å². The second kappa shape index (κ2) is 5.88. The fraction of sp³-hybridized carbons (Fsp3) is 0.438. The van der Waals surface area contributed by atoms with Gasteiger partial charge >= 0.3 is 0 Å². The number of nitrogens with zero attached hydrogens (tertiary/aromatic N) is 4.